The molecule has 2 aromatic carbocycles. The highest BCUT2D eigenvalue weighted by Crippen LogP contribution is 2.36. The normalized spacial score (nSPS) is 23.3. The molecule has 1 saturated carbocycles. The Morgan fingerprint density at radius 2 is 1.93 bits per heavy atom. The summed E-state index contributed by atoms with van der Waals surface area (Å²) in [4.78, 5) is 16.1. The number of nitrogens with one attached hydrogen (secondary N) is 1. The minimum absolute atomic E-state index is 0.121. The standard InChI is InChI=1S/C22H23FN2O3S/c23-15-2-6-17(7-3-15)29-18-10-19(22(26)24-16-4-5-16)25(12-18)11-14-1-8-20-21(9-14)28-13-27-20/h1-3,6-9,16,18-19H,4-5,10-13H2,(H,24,26)/t18-,19-/m0/s1. The van der Waals surface area contributed by atoms with Gasteiger partial charge in [0, 0.05) is 29.3 Å². The number of fused-ring (bicyclic) bond motifs is 1. The molecule has 2 aromatic rings. The number of hydrogen-bond acceptors (Lipinski definition) is 5. The van der Waals surface area contributed by atoms with Crippen molar-refractivity contribution in [3.05, 3.63) is 53.8 Å². The second-order valence-corrected chi connectivity index (χ2v) is 9.22. The average Bonchev–Trinajstić information content (AvgIpc) is 3.24. The highest BCUT2D eigenvalue weighted by molar-refractivity contribution is 8.00. The van der Waals surface area contributed by atoms with E-state index in [1.165, 1.54) is 12.1 Å². The highest BCUT2D eigenvalue weighted by atomic mass is 32.2. The van der Waals surface area contributed by atoms with E-state index >= 15 is 0 Å². The molecular formula is C22H23FN2O3S. The number of rotatable bonds is 6. The van der Waals surface area contributed by atoms with Gasteiger partial charge < -0.3 is 14.8 Å². The molecule has 1 amide bonds. The van der Waals surface area contributed by atoms with E-state index in [-0.39, 0.29) is 29.8 Å². The van der Waals surface area contributed by atoms with Crippen molar-refractivity contribution in [3.8, 4) is 11.5 Å². The summed E-state index contributed by atoms with van der Waals surface area (Å²) in [6, 6.07) is 12.7. The minimum Gasteiger partial charge on any atom is -0.454 e. The van der Waals surface area contributed by atoms with Crippen molar-refractivity contribution in [2.45, 2.75) is 48.0 Å². The lowest BCUT2D eigenvalue weighted by molar-refractivity contribution is -0.125. The van der Waals surface area contributed by atoms with Gasteiger partial charge in [-0.25, -0.2) is 4.39 Å². The van der Waals surface area contributed by atoms with Gasteiger partial charge in [0.2, 0.25) is 12.7 Å². The average molecular weight is 415 g/mol. The number of halogens is 1. The molecule has 0 radical (unpaired) electrons. The van der Waals surface area contributed by atoms with Crippen molar-refractivity contribution >= 4 is 17.7 Å². The van der Waals surface area contributed by atoms with Gasteiger partial charge in [0.25, 0.3) is 0 Å². The summed E-state index contributed by atoms with van der Waals surface area (Å²) in [6.45, 7) is 1.74. The lowest BCUT2D eigenvalue weighted by atomic mass is 10.1. The zero-order valence-corrected chi connectivity index (χ0v) is 16.8. The van der Waals surface area contributed by atoms with Gasteiger partial charge >= 0.3 is 0 Å². The molecule has 0 aromatic heterocycles. The van der Waals surface area contributed by atoms with Crippen LogP contribution >= 0.6 is 11.8 Å². The molecule has 0 unspecified atom stereocenters. The SMILES string of the molecule is O=C(NC1CC1)[C@@H]1C[C@H](Sc2ccc(F)cc2)CN1Cc1ccc2c(c1)OCO2. The maximum atomic E-state index is 13.2. The van der Waals surface area contributed by atoms with Gasteiger partial charge in [-0.3, -0.25) is 9.69 Å². The quantitative estimate of drug-likeness (QED) is 0.783. The zero-order valence-electron chi connectivity index (χ0n) is 16.0. The third-order valence-electron chi connectivity index (χ3n) is 5.53. The van der Waals surface area contributed by atoms with Gasteiger partial charge in [-0.15, -0.1) is 11.8 Å². The number of benzene rings is 2. The number of ether oxygens (including phenoxy) is 2. The van der Waals surface area contributed by atoms with E-state index in [9.17, 15) is 9.18 Å². The van der Waals surface area contributed by atoms with Crippen molar-refractivity contribution in [2.75, 3.05) is 13.3 Å². The van der Waals surface area contributed by atoms with Crippen LogP contribution in [-0.2, 0) is 11.3 Å². The predicted molar refractivity (Wildman–Crippen MR) is 109 cm³/mol. The van der Waals surface area contributed by atoms with E-state index in [0.717, 1.165) is 47.8 Å². The molecule has 5 nitrogen and oxygen atoms in total. The van der Waals surface area contributed by atoms with Crippen LogP contribution in [-0.4, -0.2) is 41.5 Å². The Morgan fingerprint density at radius 3 is 2.72 bits per heavy atom. The number of carbonyl (C=O) groups is 1. The third-order valence-corrected chi connectivity index (χ3v) is 6.75. The molecule has 7 heteroatoms. The lowest BCUT2D eigenvalue weighted by Crippen LogP contribution is -2.43. The topological polar surface area (TPSA) is 50.8 Å². The summed E-state index contributed by atoms with van der Waals surface area (Å²) >= 11 is 1.72. The van der Waals surface area contributed by atoms with Gasteiger partial charge in [-0.05, 0) is 61.2 Å². The van der Waals surface area contributed by atoms with E-state index in [0.29, 0.717) is 12.6 Å². The van der Waals surface area contributed by atoms with E-state index in [1.807, 2.05) is 18.2 Å². The molecular weight excluding hydrogens is 391 g/mol. The van der Waals surface area contributed by atoms with Gasteiger partial charge in [0.1, 0.15) is 5.82 Å². The highest BCUT2D eigenvalue weighted by Gasteiger charge is 2.39. The summed E-state index contributed by atoms with van der Waals surface area (Å²) in [7, 11) is 0. The number of hydrogen-bond donors (Lipinski definition) is 1. The van der Waals surface area contributed by atoms with E-state index in [4.69, 9.17) is 9.47 Å². The monoisotopic (exact) mass is 414 g/mol. The first-order valence-corrected chi connectivity index (χ1v) is 10.9. The van der Waals surface area contributed by atoms with Crippen molar-refractivity contribution in [2.24, 2.45) is 0 Å². The van der Waals surface area contributed by atoms with Crippen LogP contribution in [0.1, 0.15) is 24.8 Å². The fourth-order valence-electron chi connectivity index (χ4n) is 3.90. The summed E-state index contributed by atoms with van der Waals surface area (Å²) in [5.74, 6) is 1.42. The molecule has 1 aliphatic carbocycles. The predicted octanol–water partition coefficient (Wildman–Crippen LogP) is 3.57. The first kappa shape index (κ1) is 18.8. The number of carbonyl (C=O) groups excluding carboxylic acids is 1. The first-order chi connectivity index (χ1) is 14.1. The second kappa shape index (κ2) is 7.88. The Bertz CT molecular complexity index is 903. The number of thioether (sulfide) groups is 1. The minimum atomic E-state index is -0.230. The van der Waals surface area contributed by atoms with Crippen molar-refractivity contribution in [3.63, 3.8) is 0 Å². The Balaban J connectivity index is 1.30. The molecule has 2 atom stereocenters. The largest absolute Gasteiger partial charge is 0.454 e. The van der Waals surface area contributed by atoms with Gasteiger partial charge in [0.05, 0.1) is 6.04 Å². The molecule has 5 rings (SSSR count). The molecule has 2 heterocycles. The van der Waals surface area contributed by atoms with Crippen LogP contribution in [0.5, 0.6) is 11.5 Å². The third kappa shape index (κ3) is 4.36. The summed E-state index contributed by atoms with van der Waals surface area (Å²) in [6.07, 6.45) is 2.94. The number of nitrogens with zero attached hydrogens (tertiary/aromatic N) is 1. The second-order valence-electron chi connectivity index (χ2n) is 7.85. The van der Waals surface area contributed by atoms with E-state index < -0.39 is 0 Å². The van der Waals surface area contributed by atoms with Crippen molar-refractivity contribution in [1.82, 2.24) is 10.2 Å². The molecule has 2 fully saturated rings. The van der Waals surface area contributed by atoms with Crippen LogP contribution in [0.4, 0.5) is 4.39 Å². The summed E-state index contributed by atoms with van der Waals surface area (Å²) in [5, 5.41) is 3.44. The van der Waals surface area contributed by atoms with Crippen LogP contribution in [0, 0.1) is 5.82 Å². The van der Waals surface area contributed by atoms with Crippen molar-refractivity contribution in [1.29, 1.82) is 0 Å². The van der Waals surface area contributed by atoms with E-state index in [2.05, 4.69) is 10.2 Å². The van der Waals surface area contributed by atoms with Gasteiger partial charge in [0.15, 0.2) is 11.5 Å². The Hall–Kier alpha value is -2.25. The fourth-order valence-corrected chi connectivity index (χ4v) is 5.12. The lowest BCUT2D eigenvalue weighted by Gasteiger charge is -2.23. The summed E-state index contributed by atoms with van der Waals surface area (Å²) in [5.41, 5.74) is 1.10. The number of likely N-dealkylation sites (tertiary alicyclic amines) is 1. The maximum absolute atomic E-state index is 13.2. The molecule has 2 aliphatic heterocycles. The molecule has 3 aliphatic rings. The number of amides is 1. The van der Waals surface area contributed by atoms with Gasteiger partial charge in [-0.2, -0.15) is 0 Å². The molecule has 1 N–H and O–H groups in total. The first-order valence-electron chi connectivity index (χ1n) is 9.99. The molecule has 0 bridgehead atoms. The van der Waals surface area contributed by atoms with Crippen LogP contribution in [0.15, 0.2) is 47.4 Å². The fraction of sp³-hybridized carbons (Fsp3) is 0.409. The smallest absolute Gasteiger partial charge is 0.237 e. The van der Waals surface area contributed by atoms with Crippen LogP contribution in [0.3, 0.4) is 0 Å². The molecule has 29 heavy (non-hydrogen) atoms. The summed E-state index contributed by atoms with van der Waals surface area (Å²) < 4.78 is 24.1. The maximum Gasteiger partial charge on any atom is 0.237 e. The van der Waals surface area contributed by atoms with Crippen LogP contribution in [0.2, 0.25) is 0 Å². The Morgan fingerprint density at radius 1 is 1.14 bits per heavy atom. The van der Waals surface area contributed by atoms with Crippen LogP contribution in [0.25, 0.3) is 0 Å². The molecule has 1 saturated heterocycles. The van der Waals surface area contributed by atoms with Crippen molar-refractivity contribution < 1.29 is 18.7 Å². The Labute approximate surface area is 173 Å². The van der Waals surface area contributed by atoms with Crippen LogP contribution < -0.4 is 14.8 Å². The molecule has 152 valence electrons. The Kier molecular flexibility index (Phi) is 5.09. The molecule has 0 spiro atoms. The van der Waals surface area contributed by atoms with E-state index in [1.54, 1.807) is 23.9 Å². The zero-order chi connectivity index (χ0) is 19.8. The van der Waals surface area contributed by atoms with Gasteiger partial charge in [-0.1, -0.05) is 6.07 Å².